The molecular formula is C43H59N7O2. The van der Waals surface area contributed by atoms with Gasteiger partial charge in [-0.15, -0.1) is 0 Å². The van der Waals surface area contributed by atoms with Crippen LogP contribution < -0.4 is 20.9 Å². The lowest BCUT2D eigenvalue weighted by Gasteiger charge is -2.39. The number of nitrogens with one attached hydrogen (secondary N) is 3. The van der Waals surface area contributed by atoms with E-state index in [9.17, 15) is 4.79 Å². The van der Waals surface area contributed by atoms with Gasteiger partial charge in [0.2, 0.25) is 5.91 Å². The highest BCUT2D eigenvalue weighted by Crippen LogP contribution is 2.29. The molecule has 2 aromatic rings. The number of benzene rings is 2. The van der Waals surface area contributed by atoms with Crippen LogP contribution in [0.2, 0.25) is 0 Å². The summed E-state index contributed by atoms with van der Waals surface area (Å²) in [6, 6.07) is 16.9. The van der Waals surface area contributed by atoms with E-state index in [1.54, 1.807) is 0 Å². The maximum absolute atomic E-state index is 13.2. The topological polar surface area (TPSA) is 84.5 Å². The van der Waals surface area contributed by atoms with E-state index in [2.05, 4.69) is 76.7 Å². The highest BCUT2D eigenvalue weighted by atomic mass is 16.5. The molecule has 0 spiro atoms. The van der Waals surface area contributed by atoms with Gasteiger partial charge in [0.1, 0.15) is 18.2 Å². The van der Waals surface area contributed by atoms with Crippen LogP contribution >= 0.6 is 0 Å². The molecule has 9 heteroatoms. The predicted molar refractivity (Wildman–Crippen MR) is 218 cm³/mol. The van der Waals surface area contributed by atoms with E-state index in [0.717, 1.165) is 102 Å². The number of carbonyl (C=O) groups excluding carboxylic acids is 1. The van der Waals surface area contributed by atoms with Crippen LogP contribution in [0.25, 0.3) is 0 Å². The molecule has 2 aromatic carbocycles. The fourth-order valence-corrected chi connectivity index (χ4v) is 7.40. The van der Waals surface area contributed by atoms with Crippen molar-refractivity contribution in [3.63, 3.8) is 0 Å². The summed E-state index contributed by atoms with van der Waals surface area (Å²) in [4.78, 5) is 25.3. The van der Waals surface area contributed by atoms with Crippen molar-refractivity contribution in [1.82, 2.24) is 15.1 Å². The molecule has 0 saturated carbocycles. The third-order valence-electron chi connectivity index (χ3n) is 10.7. The normalized spacial score (nSPS) is 19.2. The van der Waals surface area contributed by atoms with Crippen molar-refractivity contribution in [3.8, 4) is 0 Å². The Bertz CT molecular complexity index is 1690. The molecule has 3 N–H and O–H groups in total. The van der Waals surface area contributed by atoms with Gasteiger partial charge in [0.15, 0.2) is 0 Å². The van der Waals surface area contributed by atoms with Gasteiger partial charge in [-0.25, -0.2) is 4.99 Å². The minimum absolute atomic E-state index is 0.0272. The Balaban J connectivity index is 1.10. The van der Waals surface area contributed by atoms with Crippen molar-refractivity contribution in [3.05, 3.63) is 113 Å². The maximum Gasteiger partial charge on any atom is 0.231 e. The molecule has 52 heavy (non-hydrogen) atoms. The van der Waals surface area contributed by atoms with Gasteiger partial charge in [-0.05, 0) is 112 Å². The zero-order chi connectivity index (χ0) is 37.2. The quantitative estimate of drug-likeness (QED) is 0.117. The summed E-state index contributed by atoms with van der Waals surface area (Å²) in [5.41, 5.74) is 9.36. The van der Waals surface area contributed by atoms with E-state index < -0.39 is 0 Å². The molecular weight excluding hydrogens is 647 g/mol. The Morgan fingerprint density at radius 1 is 0.981 bits per heavy atom. The number of carbonyl (C=O) groups is 1. The number of likely N-dealkylation sites (tertiary alicyclic amines) is 1. The monoisotopic (exact) mass is 705 g/mol. The second-order valence-electron chi connectivity index (χ2n) is 14.1. The summed E-state index contributed by atoms with van der Waals surface area (Å²) in [5.74, 6) is 1.38. The fraction of sp³-hybridized carbons (Fsp3) is 0.442. The van der Waals surface area contributed by atoms with Gasteiger partial charge in [0, 0.05) is 80.8 Å². The van der Waals surface area contributed by atoms with Crippen molar-refractivity contribution < 1.29 is 9.53 Å². The molecule has 3 heterocycles. The molecule has 0 bridgehead atoms. The first kappa shape index (κ1) is 38.5. The highest BCUT2D eigenvalue weighted by molar-refractivity contribution is 5.96. The molecule has 3 aliphatic rings. The number of rotatable bonds is 12. The fourth-order valence-electron chi connectivity index (χ4n) is 7.40. The van der Waals surface area contributed by atoms with Crippen LogP contribution in [0.15, 0.2) is 113 Å². The van der Waals surface area contributed by atoms with E-state index in [0.29, 0.717) is 19.2 Å². The number of anilines is 3. The molecule has 0 aromatic heterocycles. The molecule has 1 atom stereocenters. The van der Waals surface area contributed by atoms with Crippen LogP contribution in [0.5, 0.6) is 0 Å². The van der Waals surface area contributed by atoms with E-state index in [-0.39, 0.29) is 11.8 Å². The lowest BCUT2D eigenvalue weighted by molar-refractivity contribution is -0.117. The second kappa shape index (κ2) is 18.1. The number of aliphatic imine (C=N–C) groups is 1. The van der Waals surface area contributed by atoms with E-state index in [1.165, 1.54) is 18.5 Å². The highest BCUT2D eigenvalue weighted by Gasteiger charge is 2.24. The van der Waals surface area contributed by atoms with E-state index >= 15 is 0 Å². The Kier molecular flexibility index (Phi) is 13.4. The van der Waals surface area contributed by atoms with Crippen molar-refractivity contribution >= 4 is 28.8 Å². The number of allylic oxidation sites excluding steroid dienone is 3. The molecule has 0 radical (unpaired) electrons. The first-order chi connectivity index (χ1) is 25.1. The summed E-state index contributed by atoms with van der Waals surface area (Å²) in [5, 5.41) is 9.96. The van der Waals surface area contributed by atoms with Crippen molar-refractivity contribution in [2.45, 2.75) is 72.8 Å². The molecule has 0 unspecified atom stereocenters. The molecule has 3 aliphatic heterocycles. The van der Waals surface area contributed by atoms with E-state index in [1.807, 2.05) is 69.4 Å². The van der Waals surface area contributed by atoms with Gasteiger partial charge in [-0.2, -0.15) is 0 Å². The van der Waals surface area contributed by atoms with Crippen molar-refractivity contribution in [2.24, 2.45) is 4.99 Å². The first-order valence-electron chi connectivity index (χ1n) is 19.0. The Labute approximate surface area is 311 Å². The summed E-state index contributed by atoms with van der Waals surface area (Å²) in [6.07, 6.45) is 7.11. The third kappa shape index (κ3) is 9.56. The Hall–Kier alpha value is -4.76. The zero-order valence-corrected chi connectivity index (χ0v) is 32.2. The van der Waals surface area contributed by atoms with Gasteiger partial charge >= 0.3 is 0 Å². The van der Waals surface area contributed by atoms with Gasteiger partial charge in [0.25, 0.3) is 0 Å². The average Bonchev–Trinajstić information content (AvgIpc) is 3.16. The molecule has 9 nitrogen and oxygen atoms in total. The molecule has 1 amide bonds. The van der Waals surface area contributed by atoms with Gasteiger partial charge < -0.3 is 30.5 Å². The zero-order valence-electron chi connectivity index (χ0n) is 32.2. The van der Waals surface area contributed by atoms with Crippen LogP contribution in [0, 0.1) is 0 Å². The summed E-state index contributed by atoms with van der Waals surface area (Å²) >= 11 is 0. The number of hydrogen-bond acceptors (Lipinski definition) is 7. The maximum atomic E-state index is 13.2. The van der Waals surface area contributed by atoms with Crippen LogP contribution in [-0.2, 0) is 9.53 Å². The summed E-state index contributed by atoms with van der Waals surface area (Å²) in [6.45, 7) is 28.4. The number of nitrogens with zero attached hydrogens (tertiary/aromatic N) is 4. The van der Waals surface area contributed by atoms with Crippen LogP contribution in [0.4, 0.5) is 17.1 Å². The number of piperidine rings is 1. The van der Waals surface area contributed by atoms with Gasteiger partial charge in [-0.3, -0.25) is 9.69 Å². The van der Waals surface area contributed by atoms with Crippen LogP contribution in [0.3, 0.4) is 0 Å². The number of piperazine rings is 1. The summed E-state index contributed by atoms with van der Waals surface area (Å²) < 4.78 is 5.77. The number of amidine groups is 1. The third-order valence-corrected chi connectivity index (χ3v) is 10.7. The molecule has 5 rings (SSSR count). The lowest BCUT2D eigenvalue weighted by atomic mass is 9.98. The van der Waals surface area contributed by atoms with Gasteiger partial charge in [-0.1, -0.05) is 39.1 Å². The largest absolute Gasteiger partial charge is 0.494 e. The SMILES string of the molecule is C=C/C(=C(/C)C1=C(C)OCCN1)N1CC/C(=C/N=C(C)Nc2ccc([C@H](C)C(=O)Nc3ccc(N4CCN(C(CC)CC)CC4)cc3)cc2)C(=C)C1. The standard InChI is InChI=1S/C43H59N7O2/c1-9-39(10-2)48-23-25-49(26-24-48)40-18-16-38(17-19-40)47-43(51)31(5)35-12-14-37(15-13-35)46-34(8)45-28-36-20-22-50(29-30(36)4)41(11-3)32(6)42-33(7)52-27-21-44-42/h11-19,28,31,39,44H,3-4,9-10,20-27,29H2,1-2,5-8H3,(H,45,46)(H,47,51)/b36-28-,41-32+/t31-/m0/s1. The molecule has 2 fully saturated rings. The van der Waals surface area contributed by atoms with Crippen LogP contribution in [-0.4, -0.2) is 80.0 Å². The lowest BCUT2D eigenvalue weighted by Crippen LogP contribution is -2.50. The average molecular weight is 706 g/mol. The first-order valence-corrected chi connectivity index (χ1v) is 19.0. The smallest absolute Gasteiger partial charge is 0.231 e. The number of ether oxygens (including phenoxy) is 1. The van der Waals surface area contributed by atoms with Crippen molar-refractivity contribution in [2.75, 3.05) is 68.0 Å². The number of amides is 1. The van der Waals surface area contributed by atoms with Gasteiger partial charge in [0.05, 0.1) is 11.6 Å². The summed E-state index contributed by atoms with van der Waals surface area (Å²) in [7, 11) is 0. The van der Waals surface area contributed by atoms with Crippen LogP contribution in [0.1, 0.15) is 72.3 Å². The second-order valence-corrected chi connectivity index (χ2v) is 14.1. The van der Waals surface area contributed by atoms with E-state index in [4.69, 9.17) is 9.73 Å². The number of hydrogen-bond donors (Lipinski definition) is 3. The minimum Gasteiger partial charge on any atom is -0.494 e. The Morgan fingerprint density at radius 2 is 1.63 bits per heavy atom. The predicted octanol–water partition coefficient (Wildman–Crippen LogP) is 8.03. The molecule has 2 saturated heterocycles. The van der Waals surface area contributed by atoms with Crippen molar-refractivity contribution in [1.29, 1.82) is 0 Å². The molecule has 0 aliphatic carbocycles. The molecule has 278 valence electrons. The minimum atomic E-state index is -0.295. The Morgan fingerprint density at radius 3 is 2.25 bits per heavy atom.